The Morgan fingerprint density at radius 2 is 1.55 bits per heavy atom. The first-order chi connectivity index (χ1) is 14.2. The molecule has 162 valence electrons. The summed E-state index contributed by atoms with van der Waals surface area (Å²) in [5.41, 5.74) is 0.294. The van der Waals surface area contributed by atoms with E-state index in [0.717, 1.165) is 38.9 Å². The van der Waals surface area contributed by atoms with E-state index in [2.05, 4.69) is 16.0 Å². The summed E-state index contributed by atoms with van der Waals surface area (Å²) in [6, 6.07) is 0.243. The van der Waals surface area contributed by atoms with E-state index in [1.807, 2.05) is 0 Å². The molecule has 3 fully saturated rings. The summed E-state index contributed by atoms with van der Waals surface area (Å²) in [6.45, 7) is 2.65. The molecule has 1 heterocycles. The van der Waals surface area contributed by atoms with Crippen molar-refractivity contribution in [3.63, 3.8) is 0 Å². The van der Waals surface area contributed by atoms with Crippen molar-refractivity contribution in [2.75, 3.05) is 30.3 Å². The van der Waals surface area contributed by atoms with Crippen molar-refractivity contribution in [2.24, 2.45) is 5.92 Å². The molecule has 6 heteroatoms. The second-order valence-corrected chi connectivity index (χ2v) is 9.35. The fourth-order valence-corrected chi connectivity index (χ4v) is 5.31. The summed E-state index contributed by atoms with van der Waals surface area (Å²) in [6.07, 6.45) is 15.4. The Labute approximate surface area is 173 Å². The lowest BCUT2D eigenvalue weighted by molar-refractivity contribution is -0.0510. The molecule has 2 saturated carbocycles. The molecule has 0 radical (unpaired) electrons. The van der Waals surface area contributed by atoms with Crippen molar-refractivity contribution in [1.29, 1.82) is 0 Å². The van der Waals surface area contributed by atoms with Gasteiger partial charge in [-0.2, -0.15) is 0 Å². The highest BCUT2D eigenvalue weighted by Gasteiger charge is 2.26. The monoisotopic (exact) mass is 403 g/mol. The van der Waals surface area contributed by atoms with Crippen molar-refractivity contribution in [3.8, 4) is 0 Å². The van der Waals surface area contributed by atoms with Gasteiger partial charge in [0.2, 0.25) is 0 Å². The van der Waals surface area contributed by atoms with Crippen LogP contribution in [0.4, 0.5) is 11.4 Å². The predicted molar refractivity (Wildman–Crippen MR) is 118 cm³/mol. The van der Waals surface area contributed by atoms with E-state index in [1.165, 1.54) is 57.8 Å². The van der Waals surface area contributed by atoms with Crippen LogP contribution in [0, 0.1) is 5.92 Å². The summed E-state index contributed by atoms with van der Waals surface area (Å²) < 4.78 is 6.34. The van der Waals surface area contributed by atoms with Gasteiger partial charge in [-0.1, -0.05) is 19.3 Å². The highest BCUT2D eigenvalue weighted by Crippen LogP contribution is 2.31. The first kappa shape index (κ1) is 20.9. The molecule has 2 aliphatic carbocycles. The minimum atomic E-state index is -0.363. The van der Waals surface area contributed by atoms with Gasteiger partial charge in [-0.3, -0.25) is 9.59 Å². The lowest BCUT2D eigenvalue weighted by Gasteiger charge is -2.33. The first-order valence-electron chi connectivity index (χ1n) is 11.9. The van der Waals surface area contributed by atoms with Gasteiger partial charge in [-0.25, -0.2) is 0 Å². The fraction of sp³-hybridized carbons (Fsp3) is 0.826. The number of hydrogen-bond donors (Lipinski definition) is 3. The zero-order valence-corrected chi connectivity index (χ0v) is 17.6. The molecule has 1 atom stereocenters. The molecule has 6 nitrogen and oxygen atoms in total. The van der Waals surface area contributed by atoms with Crippen molar-refractivity contribution in [1.82, 2.24) is 5.32 Å². The van der Waals surface area contributed by atoms with Gasteiger partial charge >= 0.3 is 0 Å². The van der Waals surface area contributed by atoms with E-state index in [9.17, 15) is 9.59 Å². The Morgan fingerprint density at radius 1 is 0.828 bits per heavy atom. The van der Waals surface area contributed by atoms with Crippen LogP contribution in [0.2, 0.25) is 0 Å². The molecule has 0 amide bonds. The van der Waals surface area contributed by atoms with Crippen molar-refractivity contribution < 1.29 is 4.74 Å². The maximum absolute atomic E-state index is 12.0. The van der Waals surface area contributed by atoms with E-state index < -0.39 is 0 Å². The molecule has 1 saturated heterocycles. The first-order valence-corrected chi connectivity index (χ1v) is 11.9. The zero-order valence-electron chi connectivity index (χ0n) is 17.6. The average molecular weight is 404 g/mol. The molecule has 1 unspecified atom stereocenters. The van der Waals surface area contributed by atoms with E-state index in [4.69, 9.17) is 4.74 Å². The van der Waals surface area contributed by atoms with Crippen LogP contribution in [0.1, 0.15) is 77.0 Å². The summed E-state index contributed by atoms with van der Waals surface area (Å²) in [7, 11) is 0. The molecule has 1 aliphatic heterocycles. The van der Waals surface area contributed by atoms with Gasteiger partial charge in [0.15, 0.2) is 0 Å². The van der Waals surface area contributed by atoms with Crippen LogP contribution in [0.3, 0.4) is 0 Å². The molecule has 0 aromatic heterocycles. The Morgan fingerprint density at radius 3 is 2.28 bits per heavy atom. The summed E-state index contributed by atoms with van der Waals surface area (Å²) in [4.78, 5) is 24.0. The smallest absolute Gasteiger partial charge is 0.253 e. The largest absolute Gasteiger partial charge is 0.380 e. The summed E-state index contributed by atoms with van der Waals surface area (Å²) >= 11 is 0. The Balaban J connectivity index is 1.17. The van der Waals surface area contributed by atoms with Gasteiger partial charge < -0.3 is 20.7 Å². The van der Waals surface area contributed by atoms with Crippen LogP contribution in [-0.2, 0) is 4.74 Å². The van der Waals surface area contributed by atoms with Crippen LogP contribution < -0.4 is 26.8 Å². The number of nitrogens with one attached hydrogen (secondary N) is 3. The van der Waals surface area contributed by atoms with Gasteiger partial charge in [0.05, 0.1) is 12.2 Å². The Hall–Kier alpha value is -1.40. The SMILES string of the molecule is O=c1c(NCCC2CCC(OC3CCCCC3)CC2)c(NC2CCCNC2)c1=O. The molecular formula is C23H37N3O3. The van der Waals surface area contributed by atoms with Crippen molar-refractivity contribution in [3.05, 3.63) is 20.4 Å². The fourth-order valence-electron chi connectivity index (χ4n) is 5.31. The van der Waals surface area contributed by atoms with Crippen molar-refractivity contribution >= 4 is 11.4 Å². The number of anilines is 2. The van der Waals surface area contributed by atoms with Crippen molar-refractivity contribution in [2.45, 2.75) is 95.3 Å². The minimum Gasteiger partial charge on any atom is -0.380 e. The van der Waals surface area contributed by atoms with E-state index in [-0.39, 0.29) is 16.9 Å². The second-order valence-electron chi connectivity index (χ2n) is 9.35. The lowest BCUT2D eigenvalue weighted by Crippen LogP contribution is -2.44. The molecule has 0 spiro atoms. The van der Waals surface area contributed by atoms with E-state index >= 15 is 0 Å². The second kappa shape index (κ2) is 10.1. The standard InChI is InChI=1S/C23H37N3O3/c27-22-20(21(23(22)28)26-17-5-4-13-24-15-17)25-14-12-16-8-10-19(11-9-16)29-18-6-2-1-3-7-18/h16-19,24-26H,1-15H2. The maximum Gasteiger partial charge on any atom is 0.253 e. The summed E-state index contributed by atoms with van der Waals surface area (Å²) in [5, 5.41) is 9.88. The Kier molecular flexibility index (Phi) is 7.24. The molecule has 4 rings (SSSR count). The van der Waals surface area contributed by atoms with Crippen LogP contribution in [0.25, 0.3) is 0 Å². The van der Waals surface area contributed by atoms with Gasteiger partial charge in [-0.15, -0.1) is 0 Å². The highest BCUT2D eigenvalue weighted by molar-refractivity contribution is 5.74. The zero-order chi connectivity index (χ0) is 20.1. The molecule has 1 aromatic carbocycles. The van der Waals surface area contributed by atoms with Gasteiger partial charge in [0.25, 0.3) is 10.9 Å². The van der Waals surface area contributed by atoms with Crippen LogP contribution >= 0.6 is 0 Å². The molecule has 1 aromatic rings. The molecular weight excluding hydrogens is 366 g/mol. The predicted octanol–water partition coefficient (Wildman–Crippen LogP) is 3.16. The summed E-state index contributed by atoms with van der Waals surface area (Å²) in [5.74, 6) is 0.694. The van der Waals surface area contributed by atoms with E-state index in [1.54, 1.807) is 0 Å². The minimum absolute atomic E-state index is 0.243. The van der Waals surface area contributed by atoms with Gasteiger partial charge in [0.1, 0.15) is 11.4 Å². The van der Waals surface area contributed by atoms with Crippen LogP contribution in [0.5, 0.6) is 0 Å². The number of ether oxygens (including phenoxy) is 1. The third-order valence-corrected chi connectivity index (χ3v) is 7.14. The number of rotatable bonds is 8. The highest BCUT2D eigenvalue weighted by atomic mass is 16.5. The number of hydrogen-bond acceptors (Lipinski definition) is 6. The van der Waals surface area contributed by atoms with Crippen LogP contribution in [-0.4, -0.2) is 37.9 Å². The lowest BCUT2D eigenvalue weighted by atomic mass is 9.85. The third-order valence-electron chi connectivity index (χ3n) is 7.14. The maximum atomic E-state index is 12.0. The molecule has 3 aliphatic rings. The molecule has 0 bridgehead atoms. The quantitative estimate of drug-likeness (QED) is 0.579. The van der Waals surface area contributed by atoms with Gasteiger partial charge in [0, 0.05) is 19.1 Å². The van der Waals surface area contributed by atoms with Crippen LogP contribution in [0.15, 0.2) is 9.59 Å². The van der Waals surface area contributed by atoms with Gasteiger partial charge in [-0.05, 0) is 70.3 Å². The Bertz CT molecular complexity index is 707. The molecule has 3 N–H and O–H groups in total. The average Bonchev–Trinajstić information content (AvgIpc) is 2.78. The number of piperidine rings is 1. The third kappa shape index (κ3) is 5.40. The normalized spacial score (nSPS) is 29.0. The topological polar surface area (TPSA) is 79.5 Å². The molecule has 29 heavy (non-hydrogen) atoms. The van der Waals surface area contributed by atoms with E-state index in [0.29, 0.717) is 29.5 Å².